The van der Waals surface area contributed by atoms with E-state index < -0.39 is 0 Å². The molecule has 0 saturated carbocycles. The van der Waals surface area contributed by atoms with Crippen LogP contribution in [0.3, 0.4) is 0 Å². The van der Waals surface area contributed by atoms with Gasteiger partial charge in [-0.2, -0.15) is 5.26 Å². The molecule has 2 aromatic carbocycles. The first-order valence-corrected chi connectivity index (χ1v) is 10.2. The molecular formula is C24H21N3O4. The molecule has 0 bridgehead atoms. The monoisotopic (exact) mass is 415 g/mol. The van der Waals surface area contributed by atoms with E-state index in [4.69, 9.17) is 19.5 Å². The molecule has 1 amide bonds. The highest BCUT2D eigenvalue weighted by Crippen LogP contribution is 2.28. The topological polar surface area (TPSA) is 84.7 Å². The van der Waals surface area contributed by atoms with Gasteiger partial charge in [-0.15, -0.1) is 0 Å². The normalized spacial score (nSPS) is 21.3. The Morgan fingerprint density at radius 1 is 1.10 bits per heavy atom. The molecule has 3 heterocycles. The van der Waals surface area contributed by atoms with Crippen molar-refractivity contribution in [3.8, 4) is 11.8 Å². The quantitative estimate of drug-likeness (QED) is 0.654. The number of amides is 1. The van der Waals surface area contributed by atoms with Crippen molar-refractivity contribution in [3.63, 3.8) is 0 Å². The fourth-order valence-electron chi connectivity index (χ4n) is 4.09. The fourth-order valence-corrected chi connectivity index (χ4v) is 4.09. The van der Waals surface area contributed by atoms with Crippen molar-refractivity contribution in [2.45, 2.75) is 18.3 Å². The van der Waals surface area contributed by atoms with Gasteiger partial charge in [-0.3, -0.25) is 9.78 Å². The summed E-state index contributed by atoms with van der Waals surface area (Å²) in [5.74, 6) is 0.660. The van der Waals surface area contributed by atoms with E-state index in [2.05, 4.69) is 11.1 Å². The SMILES string of the molecule is N#Cc1cccc(C(=O)N2C[C@@H]3OCC(Oc4cccc5cnccc45)CO[C@H]3C2)c1. The van der Waals surface area contributed by atoms with Crippen LogP contribution < -0.4 is 4.74 Å². The summed E-state index contributed by atoms with van der Waals surface area (Å²) >= 11 is 0. The molecule has 2 atom stereocenters. The van der Waals surface area contributed by atoms with Crippen molar-refractivity contribution in [1.82, 2.24) is 9.88 Å². The third kappa shape index (κ3) is 3.96. The minimum atomic E-state index is -0.235. The number of nitriles is 1. The predicted molar refractivity (Wildman–Crippen MR) is 113 cm³/mol. The molecule has 3 aromatic rings. The number of benzene rings is 2. The summed E-state index contributed by atoms with van der Waals surface area (Å²) in [5.41, 5.74) is 0.970. The van der Waals surface area contributed by atoms with Crippen molar-refractivity contribution >= 4 is 16.7 Å². The standard InChI is InChI=1S/C24H21N3O4/c25-10-16-3-1-4-17(9-16)24(28)27-12-22-23(13-27)30-15-19(14-29-22)31-21-6-2-5-18-11-26-8-7-20(18)21/h1-9,11,19,22-23H,12-15H2/t22-,23-/m0/s1. The third-order valence-electron chi connectivity index (χ3n) is 5.67. The number of likely N-dealkylation sites (tertiary alicyclic amines) is 1. The molecule has 0 radical (unpaired) electrons. The van der Waals surface area contributed by atoms with Crippen LogP contribution in [0.4, 0.5) is 0 Å². The zero-order valence-corrected chi connectivity index (χ0v) is 16.8. The van der Waals surface area contributed by atoms with Gasteiger partial charge in [0.1, 0.15) is 24.1 Å². The van der Waals surface area contributed by atoms with Crippen LogP contribution in [0, 0.1) is 11.3 Å². The zero-order valence-electron chi connectivity index (χ0n) is 16.8. The molecule has 1 aromatic heterocycles. The van der Waals surface area contributed by atoms with E-state index in [1.807, 2.05) is 30.5 Å². The second-order valence-electron chi connectivity index (χ2n) is 7.74. The number of hydrogen-bond acceptors (Lipinski definition) is 6. The Balaban J connectivity index is 1.23. The Morgan fingerprint density at radius 3 is 2.65 bits per heavy atom. The molecule has 2 fully saturated rings. The Morgan fingerprint density at radius 2 is 1.87 bits per heavy atom. The number of fused-ring (bicyclic) bond motifs is 2. The van der Waals surface area contributed by atoms with Gasteiger partial charge in [0.2, 0.25) is 0 Å². The van der Waals surface area contributed by atoms with Crippen molar-refractivity contribution < 1.29 is 19.0 Å². The Labute approximate surface area is 179 Å². The lowest BCUT2D eigenvalue weighted by Crippen LogP contribution is -2.32. The van der Waals surface area contributed by atoms with Gasteiger partial charge in [-0.25, -0.2) is 0 Å². The van der Waals surface area contributed by atoms with Crippen LogP contribution in [0.2, 0.25) is 0 Å². The molecule has 156 valence electrons. The number of ether oxygens (including phenoxy) is 3. The van der Waals surface area contributed by atoms with Gasteiger partial charge < -0.3 is 19.1 Å². The van der Waals surface area contributed by atoms with Gasteiger partial charge in [0.15, 0.2) is 0 Å². The maximum absolute atomic E-state index is 12.9. The minimum Gasteiger partial charge on any atom is -0.485 e. The van der Waals surface area contributed by atoms with Gasteiger partial charge in [0.25, 0.3) is 5.91 Å². The van der Waals surface area contributed by atoms with Crippen LogP contribution in [0.1, 0.15) is 15.9 Å². The summed E-state index contributed by atoms with van der Waals surface area (Å²) < 4.78 is 18.3. The molecule has 5 rings (SSSR count). The van der Waals surface area contributed by atoms with Crippen LogP contribution in [0.5, 0.6) is 5.75 Å². The van der Waals surface area contributed by atoms with E-state index in [1.165, 1.54) is 0 Å². The summed E-state index contributed by atoms with van der Waals surface area (Å²) in [7, 11) is 0. The highest BCUT2D eigenvalue weighted by Gasteiger charge is 2.40. The molecule has 2 aliphatic heterocycles. The van der Waals surface area contributed by atoms with Gasteiger partial charge in [0, 0.05) is 41.8 Å². The second kappa shape index (κ2) is 8.34. The molecule has 0 aliphatic carbocycles. The van der Waals surface area contributed by atoms with Crippen LogP contribution in [-0.4, -0.2) is 60.4 Å². The minimum absolute atomic E-state index is 0.116. The van der Waals surface area contributed by atoms with Gasteiger partial charge in [-0.1, -0.05) is 18.2 Å². The van der Waals surface area contributed by atoms with E-state index >= 15 is 0 Å². The summed E-state index contributed by atoms with van der Waals surface area (Å²) in [6, 6.07) is 16.6. The van der Waals surface area contributed by atoms with Crippen LogP contribution >= 0.6 is 0 Å². The van der Waals surface area contributed by atoms with E-state index in [1.54, 1.807) is 35.4 Å². The first kappa shape index (κ1) is 19.5. The molecule has 31 heavy (non-hydrogen) atoms. The number of aromatic nitrogens is 1. The highest BCUT2D eigenvalue weighted by atomic mass is 16.6. The van der Waals surface area contributed by atoms with E-state index in [9.17, 15) is 4.79 Å². The Kier molecular flexibility index (Phi) is 5.24. The molecule has 0 unspecified atom stereocenters. The predicted octanol–water partition coefficient (Wildman–Crippen LogP) is 2.79. The number of rotatable bonds is 3. The van der Waals surface area contributed by atoms with Crippen molar-refractivity contribution in [2.75, 3.05) is 26.3 Å². The Hall–Kier alpha value is -3.47. The first-order chi connectivity index (χ1) is 15.2. The molecule has 7 nitrogen and oxygen atoms in total. The van der Waals surface area contributed by atoms with Gasteiger partial charge in [-0.05, 0) is 30.3 Å². The van der Waals surface area contributed by atoms with E-state index in [0.717, 1.165) is 16.5 Å². The van der Waals surface area contributed by atoms with Gasteiger partial charge >= 0.3 is 0 Å². The van der Waals surface area contributed by atoms with Crippen molar-refractivity contribution in [1.29, 1.82) is 5.26 Å². The smallest absolute Gasteiger partial charge is 0.254 e. The highest BCUT2D eigenvalue weighted by molar-refractivity contribution is 5.94. The third-order valence-corrected chi connectivity index (χ3v) is 5.67. The number of carbonyl (C=O) groups is 1. The molecular weight excluding hydrogens is 394 g/mol. The number of carbonyl (C=O) groups excluding carboxylic acids is 1. The summed E-state index contributed by atoms with van der Waals surface area (Å²) in [6.45, 7) is 1.67. The second-order valence-corrected chi connectivity index (χ2v) is 7.74. The Bertz CT molecular complexity index is 1140. The largest absolute Gasteiger partial charge is 0.485 e. The van der Waals surface area contributed by atoms with Crippen molar-refractivity contribution in [3.05, 3.63) is 72.1 Å². The lowest BCUT2D eigenvalue weighted by Gasteiger charge is -2.20. The number of hydrogen-bond donors (Lipinski definition) is 0. The van der Waals surface area contributed by atoms with E-state index in [-0.39, 0.29) is 24.2 Å². The molecule has 2 aliphatic rings. The molecule has 0 N–H and O–H groups in total. The lowest BCUT2D eigenvalue weighted by atomic mass is 10.1. The summed E-state index contributed by atoms with van der Waals surface area (Å²) in [6.07, 6.45) is 2.92. The first-order valence-electron chi connectivity index (χ1n) is 10.2. The zero-order chi connectivity index (χ0) is 21.2. The molecule has 0 spiro atoms. The summed E-state index contributed by atoms with van der Waals surface area (Å²) in [4.78, 5) is 18.7. The maximum atomic E-state index is 12.9. The van der Waals surface area contributed by atoms with Crippen molar-refractivity contribution in [2.24, 2.45) is 0 Å². The molecule has 2 saturated heterocycles. The number of pyridine rings is 1. The average Bonchev–Trinajstić information content (AvgIpc) is 3.14. The average molecular weight is 415 g/mol. The van der Waals surface area contributed by atoms with E-state index in [0.29, 0.717) is 37.4 Å². The fraction of sp³-hybridized carbons (Fsp3) is 0.292. The van der Waals surface area contributed by atoms with Gasteiger partial charge in [0.05, 0.1) is 24.8 Å². The summed E-state index contributed by atoms with van der Waals surface area (Å²) in [5, 5.41) is 11.1. The maximum Gasteiger partial charge on any atom is 0.254 e. The lowest BCUT2D eigenvalue weighted by molar-refractivity contribution is -0.00461. The molecule has 7 heteroatoms. The van der Waals surface area contributed by atoms with Crippen LogP contribution in [0.15, 0.2) is 60.9 Å². The van der Waals surface area contributed by atoms with Crippen LogP contribution in [0.25, 0.3) is 10.8 Å². The number of nitrogens with zero attached hydrogens (tertiary/aromatic N) is 3. The van der Waals surface area contributed by atoms with Crippen LogP contribution in [-0.2, 0) is 9.47 Å².